The number of nitrogens with two attached hydrogens (primary N) is 1. The third kappa shape index (κ3) is 1.91. The van der Waals surface area contributed by atoms with E-state index in [1.165, 1.54) is 13.0 Å². The van der Waals surface area contributed by atoms with Crippen molar-refractivity contribution in [2.45, 2.75) is 6.92 Å². The molecule has 0 fully saturated rings. The van der Waals surface area contributed by atoms with E-state index in [-0.39, 0.29) is 16.8 Å². The zero-order valence-corrected chi connectivity index (χ0v) is 7.85. The van der Waals surface area contributed by atoms with Crippen molar-refractivity contribution in [3.63, 3.8) is 0 Å². The Labute approximate surface area is 85.1 Å². The number of primary amides is 1. The predicted molar refractivity (Wildman–Crippen MR) is 51.1 cm³/mol. The summed E-state index contributed by atoms with van der Waals surface area (Å²) in [6.45, 7) is 1.49. The van der Waals surface area contributed by atoms with Crippen LogP contribution in [0, 0.1) is 28.4 Å². The Morgan fingerprint density at radius 2 is 2.20 bits per heavy atom. The van der Waals surface area contributed by atoms with E-state index in [4.69, 9.17) is 11.0 Å². The minimum absolute atomic E-state index is 0.0306. The van der Waals surface area contributed by atoms with Crippen molar-refractivity contribution in [3.05, 3.63) is 38.9 Å². The van der Waals surface area contributed by atoms with Gasteiger partial charge in [-0.15, -0.1) is 0 Å². The van der Waals surface area contributed by atoms with E-state index in [9.17, 15) is 14.9 Å². The lowest BCUT2D eigenvalue weighted by Gasteiger charge is -2.03. The fraction of sp³-hybridized carbons (Fsp3) is 0.111. The summed E-state index contributed by atoms with van der Waals surface area (Å²) >= 11 is 0. The highest BCUT2D eigenvalue weighted by atomic mass is 16.6. The number of aryl methyl sites for hydroxylation is 1. The van der Waals surface area contributed by atoms with Crippen molar-refractivity contribution in [1.29, 1.82) is 5.26 Å². The maximum atomic E-state index is 11.0. The van der Waals surface area contributed by atoms with Crippen LogP contribution in [0.3, 0.4) is 0 Å². The topological polar surface area (TPSA) is 110 Å². The largest absolute Gasteiger partial charge is 0.366 e. The van der Waals surface area contributed by atoms with E-state index in [1.807, 2.05) is 0 Å². The molecule has 0 saturated carbocycles. The number of hydrogen-bond donors (Lipinski definition) is 1. The van der Waals surface area contributed by atoms with Gasteiger partial charge in [0, 0.05) is 12.1 Å². The molecule has 0 radical (unpaired) electrons. The number of benzene rings is 1. The van der Waals surface area contributed by atoms with Gasteiger partial charge in [0.05, 0.1) is 16.1 Å². The standard InChI is InChI=1S/C9H7N3O3/c1-5-2-7(12(14)15)3-6(4-10)8(5)9(11)13/h2-3H,1H3,(H2,11,13). The number of rotatable bonds is 2. The molecule has 76 valence electrons. The lowest BCUT2D eigenvalue weighted by Crippen LogP contribution is -2.15. The summed E-state index contributed by atoms with van der Waals surface area (Å²) in [5, 5.41) is 19.2. The molecule has 0 unspecified atom stereocenters. The lowest BCUT2D eigenvalue weighted by atomic mass is 10.0. The summed E-state index contributed by atoms with van der Waals surface area (Å²) in [5.74, 6) is -0.765. The summed E-state index contributed by atoms with van der Waals surface area (Å²) in [5.41, 5.74) is 5.11. The fourth-order valence-electron chi connectivity index (χ4n) is 1.29. The van der Waals surface area contributed by atoms with Crippen molar-refractivity contribution in [2.24, 2.45) is 5.73 Å². The first-order chi connectivity index (χ1) is 6.97. The number of carbonyl (C=O) groups excluding carboxylic acids is 1. The molecule has 2 N–H and O–H groups in total. The number of amides is 1. The molecule has 6 heteroatoms. The van der Waals surface area contributed by atoms with E-state index in [0.717, 1.165) is 6.07 Å². The Kier molecular flexibility index (Phi) is 2.67. The maximum absolute atomic E-state index is 11.0. The maximum Gasteiger partial charge on any atom is 0.271 e. The van der Waals surface area contributed by atoms with Crippen molar-refractivity contribution < 1.29 is 9.72 Å². The normalized spacial score (nSPS) is 9.33. The van der Waals surface area contributed by atoms with Gasteiger partial charge < -0.3 is 5.73 Å². The molecule has 0 aliphatic rings. The summed E-state index contributed by atoms with van der Waals surface area (Å²) in [6.07, 6.45) is 0. The van der Waals surface area contributed by atoms with E-state index >= 15 is 0 Å². The Hall–Kier alpha value is -2.42. The minimum Gasteiger partial charge on any atom is -0.366 e. The fourth-order valence-corrected chi connectivity index (χ4v) is 1.29. The van der Waals surface area contributed by atoms with Crippen LogP contribution < -0.4 is 5.73 Å². The molecule has 0 spiro atoms. The monoisotopic (exact) mass is 205 g/mol. The van der Waals surface area contributed by atoms with Gasteiger partial charge in [0.1, 0.15) is 6.07 Å². The molecule has 15 heavy (non-hydrogen) atoms. The first-order valence-corrected chi connectivity index (χ1v) is 3.96. The van der Waals surface area contributed by atoms with Crippen molar-refractivity contribution in [1.82, 2.24) is 0 Å². The van der Waals surface area contributed by atoms with Gasteiger partial charge in [-0.2, -0.15) is 5.26 Å². The third-order valence-electron chi connectivity index (χ3n) is 1.90. The molecular weight excluding hydrogens is 198 g/mol. The number of carbonyl (C=O) groups is 1. The molecular formula is C9H7N3O3. The Bertz CT molecular complexity index is 488. The van der Waals surface area contributed by atoms with Crippen LogP contribution in [0.5, 0.6) is 0 Å². The van der Waals surface area contributed by atoms with E-state index < -0.39 is 10.8 Å². The SMILES string of the molecule is Cc1cc([N+](=O)[O-])cc(C#N)c1C(N)=O. The van der Waals surface area contributed by atoms with Crippen LogP contribution in [0.25, 0.3) is 0 Å². The second kappa shape index (κ2) is 3.75. The Morgan fingerprint density at radius 3 is 2.60 bits per heavy atom. The molecule has 1 aromatic carbocycles. The zero-order valence-electron chi connectivity index (χ0n) is 7.85. The van der Waals surface area contributed by atoms with Crippen molar-refractivity contribution in [2.75, 3.05) is 0 Å². The van der Waals surface area contributed by atoms with Gasteiger partial charge in [-0.3, -0.25) is 14.9 Å². The number of nitro benzene ring substituents is 1. The van der Waals surface area contributed by atoms with E-state index in [0.29, 0.717) is 5.56 Å². The third-order valence-corrected chi connectivity index (χ3v) is 1.90. The van der Waals surface area contributed by atoms with Crippen LogP contribution in [0.1, 0.15) is 21.5 Å². The average Bonchev–Trinajstić information content (AvgIpc) is 2.15. The molecule has 1 aromatic rings. The number of non-ortho nitro benzene ring substituents is 1. The van der Waals surface area contributed by atoms with Gasteiger partial charge in [0.2, 0.25) is 5.91 Å². The summed E-state index contributed by atoms with van der Waals surface area (Å²) in [6, 6.07) is 3.95. The van der Waals surface area contributed by atoms with Crippen LogP contribution in [-0.2, 0) is 0 Å². The van der Waals surface area contributed by atoms with Crippen molar-refractivity contribution >= 4 is 11.6 Å². The van der Waals surface area contributed by atoms with Crippen molar-refractivity contribution in [3.8, 4) is 6.07 Å². The molecule has 6 nitrogen and oxygen atoms in total. The zero-order chi connectivity index (χ0) is 11.6. The molecule has 0 aromatic heterocycles. The molecule has 1 amide bonds. The molecule has 0 aliphatic heterocycles. The van der Waals surface area contributed by atoms with Gasteiger partial charge >= 0.3 is 0 Å². The number of nitriles is 1. The Morgan fingerprint density at radius 1 is 1.60 bits per heavy atom. The van der Waals surface area contributed by atoms with Crippen LogP contribution in [0.15, 0.2) is 12.1 Å². The first kappa shape index (κ1) is 10.7. The van der Waals surface area contributed by atoms with Crippen LogP contribution >= 0.6 is 0 Å². The summed E-state index contributed by atoms with van der Waals surface area (Å²) in [7, 11) is 0. The lowest BCUT2D eigenvalue weighted by molar-refractivity contribution is -0.384. The Balaban J connectivity index is 3.53. The highest BCUT2D eigenvalue weighted by Gasteiger charge is 2.17. The van der Waals surface area contributed by atoms with Crippen LogP contribution in [0.2, 0.25) is 0 Å². The molecule has 1 rings (SSSR count). The molecule has 0 atom stereocenters. The average molecular weight is 205 g/mol. The highest BCUT2D eigenvalue weighted by molar-refractivity contribution is 5.97. The van der Waals surface area contributed by atoms with E-state index in [1.54, 1.807) is 6.07 Å². The molecule has 0 aliphatic carbocycles. The van der Waals surface area contributed by atoms with Gasteiger partial charge in [0.15, 0.2) is 0 Å². The predicted octanol–water partition coefficient (Wildman–Crippen LogP) is 0.874. The second-order valence-corrected chi connectivity index (χ2v) is 2.92. The minimum atomic E-state index is -0.765. The van der Waals surface area contributed by atoms with Gasteiger partial charge in [-0.1, -0.05) is 0 Å². The molecule has 0 heterocycles. The highest BCUT2D eigenvalue weighted by Crippen LogP contribution is 2.21. The first-order valence-electron chi connectivity index (χ1n) is 3.96. The number of nitro groups is 1. The van der Waals surface area contributed by atoms with Gasteiger partial charge in [-0.25, -0.2) is 0 Å². The number of hydrogen-bond acceptors (Lipinski definition) is 4. The van der Waals surface area contributed by atoms with Gasteiger partial charge in [0.25, 0.3) is 5.69 Å². The van der Waals surface area contributed by atoms with Crippen LogP contribution in [0.4, 0.5) is 5.69 Å². The molecule has 0 saturated heterocycles. The number of nitrogens with zero attached hydrogens (tertiary/aromatic N) is 2. The summed E-state index contributed by atoms with van der Waals surface area (Å²) < 4.78 is 0. The van der Waals surface area contributed by atoms with Crippen LogP contribution in [-0.4, -0.2) is 10.8 Å². The smallest absolute Gasteiger partial charge is 0.271 e. The molecule has 0 bridgehead atoms. The van der Waals surface area contributed by atoms with Gasteiger partial charge in [-0.05, 0) is 12.5 Å². The summed E-state index contributed by atoms with van der Waals surface area (Å²) in [4.78, 5) is 20.8. The second-order valence-electron chi connectivity index (χ2n) is 2.92. The quantitative estimate of drug-likeness (QED) is 0.570. The van der Waals surface area contributed by atoms with E-state index in [2.05, 4.69) is 0 Å².